The Hall–Kier alpha value is -1.58. The van der Waals surface area contributed by atoms with E-state index in [4.69, 9.17) is 11.6 Å². The van der Waals surface area contributed by atoms with Crippen LogP contribution < -0.4 is 0 Å². The third kappa shape index (κ3) is 3.04. The zero-order chi connectivity index (χ0) is 14.8. The maximum atomic E-state index is 12.0. The third-order valence-corrected chi connectivity index (χ3v) is 5.10. The van der Waals surface area contributed by atoms with Crippen LogP contribution >= 0.6 is 22.9 Å². The van der Waals surface area contributed by atoms with Gasteiger partial charge in [-0.15, -0.1) is 11.3 Å². The van der Waals surface area contributed by atoms with Gasteiger partial charge >= 0.3 is 0 Å². The number of fused-ring (bicyclic) bond motifs is 1. The van der Waals surface area contributed by atoms with E-state index < -0.39 is 0 Å². The molecule has 108 valence electrons. The molecule has 1 aliphatic heterocycles. The molecule has 0 radical (unpaired) electrons. The molecule has 3 rings (SSSR count). The fourth-order valence-electron chi connectivity index (χ4n) is 2.85. The second-order valence-corrected chi connectivity index (χ2v) is 7.01. The van der Waals surface area contributed by atoms with Crippen LogP contribution in [0.5, 0.6) is 0 Å². The van der Waals surface area contributed by atoms with E-state index in [0.29, 0.717) is 12.5 Å². The molecule has 0 spiro atoms. The van der Waals surface area contributed by atoms with Gasteiger partial charge in [0.15, 0.2) is 0 Å². The summed E-state index contributed by atoms with van der Waals surface area (Å²) in [6, 6.07) is 12.4. The highest BCUT2D eigenvalue weighted by Crippen LogP contribution is 2.38. The average molecular weight is 318 g/mol. The van der Waals surface area contributed by atoms with Gasteiger partial charge in [0.05, 0.1) is 10.9 Å². The quantitative estimate of drug-likeness (QED) is 0.775. The van der Waals surface area contributed by atoms with E-state index in [0.717, 1.165) is 17.3 Å². The van der Waals surface area contributed by atoms with Gasteiger partial charge in [0.2, 0.25) is 5.91 Å². The maximum Gasteiger partial charge on any atom is 0.246 e. The standard InChI is InChI=1S/C17H16ClNOS/c1-2-17(20)19-10-13(8-12-6-4-3-5-7-12)14-9-16(18)21-15(14)11-19/h2-7,9,13H,1,8,10-11H2/t13-/m1/s1. The molecule has 2 aromatic rings. The van der Waals surface area contributed by atoms with Crippen LogP contribution in [-0.2, 0) is 17.8 Å². The number of hydrogen-bond donors (Lipinski definition) is 0. The molecule has 1 atom stereocenters. The van der Waals surface area contributed by atoms with Crippen molar-refractivity contribution in [2.24, 2.45) is 0 Å². The summed E-state index contributed by atoms with van der Waals surface area (Å²) in [5, 5.41) is 0. The van der Waals surface area contributed by atoms with Gasteiger partial charge in [-0.3, -0.25) is 4.79 Å². The van der Waals surface area contributed by atoms with Gasteiger partial charge in [0.25, 0.3) is 0 Å². The number of amides is 1. The van der Waals surface area contributed by atoms with Gasteiger partial charge in [-0.2, -0.15) is 0 Å². The maximum absolute atomic E-state index is 12.0. The number of rotatable bonds is 3. The molecule has 0 unspecified atom stereocenters. The van der Waals surface area contributed by atoms with Crippen LogP contribution in [0.3, 0.4) is 0 Å². The lowest BCUT2D eigenvalue weighted by atomic mass is 9.89. The first-order valence-electron chi connectivity index (χ1n) is 6.90. The van der Waals surface area contributed by atoms with Crippen molar-refractivity contribution in [3.63, 3.8) is 0 Å². The first-order valence-corrected chi connectivity index (χ1v) is 8.10. The number of thiophene rings is 1. The van der Waals surface area contributed by atoms with Crippen molar-refractivity contribution in [1.82, 2.24) is 4.90 Å². The number of nitrogens with zero attached hydrogens (tertiary/aromatic N) is 1. The van der Waals surface area contributed by atoms with E-state index in [1.807, 2.05) is 23.1 Å². The minimum Gasteiger partial charge on any atom is -0.333 e. The molecule has 2 nitrogen and oxygen atoms in total. The molecule has 1 aliphatic rings. The molecular weight excluding hydrogens is 302 g/mol. The summed E-state index contributed by atoms with van der Waals surface area (Å²) in [4.78, 5) is 15.0. The van der Waals surface area contributed by atoms with E-state index >= 15 is 0 Å². The van der Waals surface area contributed by atoms with Crippen molar-refractivity contribution < 1.29 is 4.79 Å². The van der Waals surface area contributed by atoms with E-state index in [9.17, 15) is 4.79 Å². The molecule has 0 saturated carbocycles. The monoisotopic (exact) mass is 317 g/mol. The Labute approximate surface area is 133 Å². The second-order valence-electron chi connectivity index (χ2n) is 5.24. The Morgan fingerprint density at radius 2 is 2.19 bits per heavy atom. The summed E-state index contributed by atoms with van der Waals surface area (Å²) in [6.07, 6.45) is 2.31. The zero-order valence-electron chi connectivity index (χ0n) is 11.6. The topological polar surface area (TPSA) is 20.3 Å². The number of benzene rings is 1. The van der Waals surface area contributed by atoms with Gasteiger partial charge in [0.1, 0.15) is 0 Å². The fraction of sp³-hybridized carbons (Fsp3) is 0.235. The lowest BCUT2D eigenvalue weighted by molar-refractivity contribution is -0.127. The largest absolute Gasteiger partial charge is 0.333 e. The lowest BCUT2D eigenvalue weighted by Gasteiger charge is -2.32. The summed E-state index contributed by atoms with van der Waals surface area (Å²) in [5.74, 6) is 0.284. The van der Waals surface area contributed by atoms with Gasteiger partial charge in [0, 0.05) is 17.3 Å². The SMILES string of the molecule is C=CC(=O)N1Cc2sc(Cl)cc2[C@H](Cc2ccccc2)C1. The molecule has 0 aliphatic carbocycles. The van der Waals surface area contributed by atoms with Crippen LogP contribution in [0, 0.1) is 0 Å². The molecular formula is C17H16ClNOS. The van der Waals surface area contributed by atoms with E-state index in [1.54, 1.807) is 11.3 Å². The molecule has 0 N–H and O–H groups in total. The fourth-order valence-corrected chi connectivity index (χ4v) is 4.23. The first-order chi connectivity index (χ1) is 10.2. The molecule has 4 heteroatoms. The molecule has 2 heterocycles. The molecule has 1 amide bonds. The van der Waals surface area contributed by atoms with Crippen LogP contribution in [0.15, 0.2) is 49.1 Å². The number of carbonyl (C=O) groups excluding carboxylic acids is 1. The Morgan fingerprint density at radius 1 is 1.43 bits per heavy atom. The van der Waals surface area contributed by atoms with Crippen molar-refractivity contribution in [2.75, 3.05) is 6.54 Å². The summed E-state index contributed by atoms with van der Waals surface area (Å²) in [5.41, 5.74) is 2.57. The van der Waals surface area contributed by atoms with Gasteiger partial charge in [-0.25, -0.2) is 0 Å². The average Bonchev–Trinajstić information content (AvgIpc) is 2.88. The molecule has 0 saturated heterocycles. The van der Waals surface area contributed by atoms with E-state index in [-0.39, 0.29) is 5.91 Å². The highest BCUT2D eigenvalue weighted by atomic mass is 35.5. The summed E-state index contributed by atoms with van der Waals surface area (Å²) < 4.78 is 0.797. The lowest BCUT2D eigenvalue weighted by Crippen LogP contribution is -2.37. The van der Waals surface area contributed by atoms with Crippen LogP contribution in [-0.4, -0.2) is 17.4 Å². The van der Waals surface area contributed by atoms with Crippen LogP contribution in [0.1, 0.15) is 21.9 Å². The van der Waals surface area contributed by atoms with Crippen molar-refractivity contribution in [3.05, 3.63) is 69.4 Å². The van der Waals surface area contributed by atoms with Crippen LogP contribution in [0.25, 0.3) is 0 Å². The minimum atomic E-state index is -0.0109. The summed E-state index contributed by atoms with van der Waals surface area (Å²) in [6.45, 7) is 4.96. The predicted molar refractivity (Wildman–Crippen MR) is 87.8 cm³/mol. The van der Waals surface area contributed by atoms with Crippen molar-refractivity contribution in [2.45, 2.75) is 18.9 Å². The molecule has 0 fully saturated rings. The highest BCUT2D eigenvalue weighted by molar-refractivity contribution is 7.16. The van der Waals surface area contributed by atoms with Crippen LogP contribution in [0.4, 0.5) is 0 Å². The Balaban J connectivity index is 1.90. The normalized spacial score (nSPS) is 17.4. The second kappa shape index (κ2) is 6.04. The van der Waals surface area contributed by atoms with Crippen molar-refractivity contribution in [3.8, 4) is 0 Å². The molecule has 21 heavy (non-hydrogen) atoms. The smallest absolute Gasteiger partial charge is 0.246 e. The Bertz CT molecular complexity index is 665. The minimum absolute atomic E-state index is 0.0109. The van der Waals surface area contributed by atoms with Crippen LogP contribution in [0.2, 0.25) is 4.34 Å². The number of halogens is 1. The Kier molecular flexibility index (Phi) is 4.13. The van der Waals surface area contributed by atoms with Crippen molar-refractivity contribution in [1.29, 1.82) is 0 Å². The van der Waals surface area contributed by atoms with Gasteiger partial charge in [-0.1, -0.05) is 48.5 Å². The Morgan fingerprint density at radius 3 is 2.90 bits per heavy atom. The summed E-state index contributed by atoms with van der Waals surface area (Å²) >= 11 is 7.75. The molecule has 1 aromatic heterocycles. The number of hydrogen-bond acceptors (Lipinski definition) is 2. The highest BCUT2D eigenvalue weighted by Gasteiger charge is 2.29. The summed E-state index contributed by atoms with van der Waals surface area (Å²) in [7, 11) is 0. The van der Waals surface area contributed by atoms with Gasteiger partial charge < -0.3 is 4.90 Å². The molecule has 0 bridgehead atoms. The number of carbonyl (C=O) groups is 1. The van der Waals surface area contributed by atoms with Gasteiger partial charge in [-0.05, 0) is 29.7 Å². The van der Waals surface area contributed by atoms with Crippen molar-refractivity contribution >= 4 is 28.8 Å². The molecule has 1 aromatic carbocycles. The van der Waals surface area contributed by atoms with E-state index in [2.05, 4.69) is 24.8 Å². The zero-order valence-corrected chi connectivity index (χ0v) is 13.2. The third-order valence-electron chi connectivity index (χ3n) is 3.84. The predicted octanol–water partition coefficient (Wildman–Crippen LogP) is 4.26. The van der Waals surface area contributed by atoms with E-state index in [1.165, 1.54) is 22.1 Å². The first kappa shape index (κ1) is 14.4.